The normalized spacial score (nSPS) is 33.3. The summed E-state index contributed by atoms with van der Waals surface area (Å²) in [5.74, 6) is 0.221. The SMILES string of the molecule is CC(C)NC(=O)N1CC2C(CN)(CCCS2(=O)=O)C1. The molecule has 0 aliphatic carbocycles. The van der Waals surface area contributed by atoms with Crippen LogP contribution in [-0.4, -0.2) is 56.0 Å². The minimum atomic E-state index is -3.13. The molecule has 3 N–H and O–H groups in total. The molecular formula is C12H23N3O3S. The lowest BCUT2D eigenvalue weighted by atomic mass is 9.82. The van der Waals surface area contributed by atoms with Crippen LogP contribution in [0.3, 0.4) is 0 Å². The number of nitrogens with zero attached hydrogens (tertiary/aromatic N) is 1. The molecule has 0 aromatic carbocycles. The summed E-state index contributed by atoms with van der Waals surface area (Å²) in [6, 6.07) is -0.145. The summed E-state index contributed by atoms with van der Waals surface area (Å²) in [6.45, 7) is 4.82. The predicted octanol–water partition coefficient (Wildman–Crippen LogP) is -0.0577. The van der Waals surface area contributed by atoms with Gasteiger partial charge in [0.05, 0.1) is 11.0 Å². The Hall–Kier alpha value is -0.820. The Labute approximate surface area is 114 Å². The quantitative estimate of drug-likeness (QED) is 0.745. The Morgan fingerprint density at radius 2 is 2.21 bits per heavy atom. The van der Waals surface area contributed by atoms with Gasteiger partial charge in [-0.3, -0.25) is 0 Å². The number of hydrogen-bond acceptors (Lipinski definition) is 4. The monoisotopic (exact) mass is 289 g/mol. The zero-order chi connectivity index (χ0) is 14.3. The van der Waals surface area contributed by atoms with Crippen LogP contribution in [0.25, 0.3) is 0 Å². The highest BCUT2D eigenvalue weighted by Gasteiger charge is 2.54. The third-order valence-electron chi connectivity index (χ3n) is 4.22. The Balaban J connectivity index is 2.21. The molecule has 2 aliphatic heterocycles. The number of fused-ring (bicyclic) bond motifs is 1. The molecule has 0 saturated carbocycles. The van der Waals surface area contributed by atoms with E-state index in [9.17, 15) is 13.2 Å². The molecule has 0 aromatic heterocycles. The molecule has 6 nitrogen and oxygen atoms in total. The molecule has 2 fully saturated rings. The smallest absolute Gasteiger partial charge is 0.317 e. The van der Waals surface area contributed by atoms with Crippen molar-refractivity contribution in [3.63, 3.8) is 0 Å². The van der Waals surface area contributed by atoms with E-state index in [-0.39, 0.29) is 24.4 Å². The second-order valence-electron chi connectivity index (χ2n) is 6.01. The van der Waals surface area contributed by atoms with Crippen LogP contribution in [0.1, 0.15) is 26.7 Å². The van der Waals surface area contributed by atoms with E-state index in [1.54, 1.807) is 4.90 Å². The van der Waals surface area contributed by atoms with E-state index in [0.29, 0.717) is 19.5 Å². The summed E-state index contributed by atoms with van der Waals surface area (Å²) in [4.78, 5) is 13.7. The molecule has 2 saturated heterocycles. The van der Waals surface area contributed by atoms with Gasteiger partial charge < -0.3 is 16.0 Å². The Morgan fingerprint density at radius 3 is 2.74 bits per heavy atom. The second kappa shape index (κ2) is 4.94. The summed E-state index contributed by atoms with van der Waals surface area (Å²) in [6.07, 6.45) is 1.44. The van der Waals surface area contributed by atoms with E-state index in [1.165, 1.54) is 0 Å². The van der Waals surface area contributed by atoms with Gasteiger partial charge in [0.1, 0.15) is 0 Å². The Bertz CT molecular complexity index is 463. The van der Waals surface area contributed by atoms with Gasteiger partial charge in [0.25, 0.3) is 0 Å². The summed E-state index contributed by atoms with van der Waals surface area (Å²) in [7, 11) is -3.13. The molecule has 0 aromatic rings. The van der Waals surface area contributed by atoms with Crippen molar-refractivity contribution in [2.45, 2.75) is 38.0 Å². The number of likely N-dealkylation sites (tertiary alicyclic amines) is 1. The van der Waals surface area contributed by atoms with Crippen molar-refractivity contribution in [1.82, 2.24) is 10.2 Å². The van der Waals surface area contributed by atoms with E-state index in [4.69, 9.17) is 5.73 Å². The lowest BCUT2D eigenvalue weighted by Crippen LogP contribution is -2.49. The molecule has 110 valence electrons. The number of rotatable bonds is 2. The van der Waals surface area contributed by atoms with Crippen molar-refractivity contribution in [1.29, 1.82) is 0 Å². The van der Waals surface area contributed by atoms with E-state index in [2.05, 4.69) is 5.32 Å². The van der Waals surface area contributed by atoms with Crippen molar-refractivity contribution in [3.8, 4) is 0 Å². The van der Waals surface area contributed by atoms with E-state index in [0.717, 1.165) is 6.42 Å². The molecule has 0 bridgehead atoms. The average molecular weight is 289 g/mol. The van der Waals surface area contributed by atoms with Gasteiger partial charge >= 0.3 is 6.03 Å². The highest BCUT2D eigenvalue weighted by atomic mass is 32.2. The van der Waals surface area contributed by atoms with Gasteiger partial charge in [-0.05, 0) is 26.7 Å². The van der Waals surface area contributed by atoms with Gasteiger partial charge in [0.15, 0.2) is 9.84 Å². The number of urea groups is 1. The van der Waals surface area contributed by atoms with Crippen LogP contribution in [0, 0.1) is 5.41 Å². The zero-order valence-corrected chi connectivity index (χ0v) is 12.4. The van der Waals surface area contributed by atoms with Gasteiger partial charge in [-0.15, -0.1) is 0 Å². The average Bonchev–Trinajstić information content (AvgIpc) is 2.70. The first-order valence-corrected chi connectivity index (χ1v) is 8.49. The van der Waals surface area contributed by atoms with E-state index >= 15 is 0 Å². The maximum absolute atomic E-state index is 12.2. The molecule has 2 heterocycles. The molecule has 0 spiro atoms. The lowest BCUT2D eigenvalue weighted by Gasteiger charge is -2.36. The maximum Gasteiger partial charge on any atom is 0.317 e. The van der Waals surface area contributed by atoms with Gasteiger partial charge in [-0.25, -0.2) is 13.2 Å². The number of carbonyl (C=O) groups is 1. The second-order valence-corrected chi connectivity index (χ2v) is 8.31. The van der Waals surface area contributed by atoms with Gasteiger partial charge in [-0.2, -0.15) is 0 Å². The van der Waals surface area contributed by atoms with Crippen LogP contribution in [0.2, 0.25) is 0 Å². The molecule has 2 aliphatic rings. The van der Waals surface area contributed by atoms with E-state index in [1.807, 2.05) is 13.8 Å². The highest BCUT2D eigenvalue weighted by Crippen LogP contribution is 2.42. The molecule has 2 rings (SSSR count). The minimum absolute atomic E-state index is 0.0422. The largest absolute Gasteiger partial charge is 0.336 e. The van der Waals surface area contributed by atoms with Crippen LogP contribution < -0.4 is 11.1 Å². The third kappa shape index (κ3) is 2.58. The van der Waals surface area contributed by atoms with Gasteiger partial charge in [0, 0.05) is 31.1 Å². The number of carbonyl (C=O) groups excluding carboxylic acids is 1. The molecular weight excluding hydrogens is 266 g/mol. The predicted molar refractivity (Wildman–Crippen MR) is 73.5 cm³/mol. The Kier molecular flexibility index (Phi) is 3.79. The van der Waals surface area contributed by atoms with Gasteiger partial charge in [-0.1, -0.05) is 0 Å². The van der Waals surface area contributed by atoms with Crippen molar-refractivity contribution < 1.29 is 13.2 Å². The topological polar surface area (TPSA) is 92.5 Å². The molecule has 19 heavy (non-hydrogen) atoms. The summed E-state index contributed by atoms with van der Waals surface area (Å²) < 4.78 is 24.4. The molecule has 2 amide bonds. The zero-order valence-electron chi connectivity index (χ0n) is 11.6. The fraction of sp³-hybridized carbons (Fsp3) is 0.917. The molecule has 2 unspecified atom stereocenters. The molecule has 2 atom stereocenters. The summed E-state index contributed by atoms with van der Waals surface area (Å²) in [5, 5.41) is 2.33. The van der Waals surface area contributed by atoms with Gasteiger partial charge in [0.2, 0.25) is 0 Å². The first-order chi connectivity index (χ1) is 8.81. The number of nitrogens with one attached hydrogen (secondary N) is 1. The van der Waals surface area contributed by atoms with Crippen molar-refractivity contribution in [3.05, 3.63) is 0 Å². The third-order valence-corrected chi connectivity index (χ3v) is 6.59. The number of sulfone groups is 1. The van der Waals surface area contributed by atoms with Crippen LogP contribution in [0.5, 0.6) is 0 Å². The van der Waals surface area contributed by atoms with Crippen LogP contribution >= 0.6 is 0 Å². The standard InChI is InChI=1S/C12H23N3O3S/c1-9(2)14-11(16)15-6-10-12(7-13,8-15)4-3-5-19(10,17)18/h9-10H,3-8,13H2,1-2H3,(H,14,16). The number of amides is 2. The number of nitrogens with two attached hydrogens (primary N) is 1. The number of hydrogen-bond donors (Lipinski definition) is 2. The van der Waals surface area contributed by atoms with Crippen molar-refractivity contribution >= 4 is 15.9 Å². The van der Waals surface area contributed by atoms with Crippen molar-refractivity contribution in [2.24, 2.45) is 11.1 Å². The van der Waals surface area contributed by atoms with Crippen LogP contribution in [-0.2, 0) is 9.84 Å². The van der Waals surface area contributed by atoms with Crippen LogP contribution in [0.15, 0.2) is 0 Å². The molecule has 7 heteroatoms. The minimum Gasteiger partial charge on any atom is -0.336 e. The highest BCUT2D eigenvalue weighted by molar-refractivity contribution is 7.92. The van der Waals surface area contributed by atoms with Crippen molar-refractivity contribution in [2.75, 3.05) is 25.4 Å². The van der Waals surface area contributed by atoms with Crippen LogP contribution in [0.4, 0.5) is 4.79 Å². The van der Waals surface area contributed by atoms with E-state index < -0.39 is 20.5 Å². The Morgan fingerprint density at radius 1 is 1.53 bits per heavy atom. The fourth-order valence-corrected chi connectivity index (χ4v) is 5.52. The first-order valence-electron chi connectivity index (χ1n) is 6.78. The molecule has 0 radical (unpaired) electrons. The first kappa shape index (κ1) is 14.6. The lowest BCUT2D eigenvalue weighted by molar-refractivity contribution is 0.195. The maximum atomic E-state index is 12.2. The fourth-order valence-electron chi connectivity index (χ4n) is 3.23. The summed E-state index contributed by atoms with van der Waals surface area (Å²) >= 11 is 0. The summed E-state index contributed by atoms with van der Waals surface area (Å²) in [5.41, 5.74) is 5.40.